The third kappa shape index (κ3) is 3.56. The van der Waals surface area contributed by atoms with Gasteiger partial charge in [0.15, 0.2) is 10.8 Å². The van der Waals surface area contributed by atoms with Crippen LogP contribution in [0.2, 0.25) is 0 Å². The number of rotatable bonds is 4. The summed E-state index contributed by atoms with van der Waals surface area (Å²) < 4.78 is 12.1. The lowest BCUT2D eigenvalue weighted by Crippen LogP contribution is -2.36. The largest absolute Gasteiger partial charge is 0.497 e. The highest BCUT2D eigenvalue weighted by Crippen LogP contribution is 2.33. The van der Waals surface area contributed by atoms with Gasteiger partial charge in [-0.15, -0.1) is 0 Å². The molecule has 1 aliphatic rings. The monoisotopic (exact) mass is 397 g/mol. The molecule has 0 aliphatic carbocycles. The van der Waals surface area contributed by atoms with Crippen LogP contribution < -0.4 is 4.74 Å². The minimum absolute atomic E-state index is 0.0471. The average Bonchev–Trinajstić information content (AvgIpc) is 3.31. The summed E-state index contributed by atoms with van der Waals surface area (Å²) in [5.74, 6) is 2.72. The molecule has 0 spiro atoms. The first-order chi connectivity index (χ1) is 13.4. The highest BCUT2D eigenvalue weighted by molar-refractivity contribution is 7.09. The van der Waals surface area contributed by atoms with Crippen molar-refractivity contribution in [1.29, 1.82) is 0 Å². The number of fused-ring (bicyclic) bond motifs is 1. The molecule has 1 unspecified atom stereocenters. The zero-order valence-electron chi connectivity index (χ0n) is 17.1. The van der Waals surface area contributed by atoms with E-state index in [0.717, 1.165) is 42.0 Å². The lowest BCUT2D eigenvalue weighted by Gasteiger charge is -2.34. The first-order valence-corrected chi connectivity index (χ1v) is 10.4. The Labute approximate surface area is 170 Å². The van der Waals surface area contributed by atoms with E-state index in [2.05, 4.69) is 53.7 Å². The molecule has 1 aromatic carbocycles. The zero-order valence-corrected chi connectivity index (χ0v) is 18.0. The Morgan fingerprint density at radius 1 is 1.18 bits per heavy atom. The number of hydrogen-bond acceptors (Lipinski definition) is 6. The van der Waals surface area contributed by atoms with Crippen LogP contribution in [0.4, 0.5) is 0 Å². The van der Waals surface area contributed by atoms with Crippen LogP contribution >= 0.6 is 11.5 Å². The molecule has 0 saturated carbocycles. The average molecular weight is 398 g/mol. The van der Waals surface area contributed by atoms with Gasteiger partial charge >= 0.3 is 0 Å². The quantitative estimate of drug-likeness (QED) is 0.657. The molecule has 1 aliphatic heterocycles. The Balaban J connectivity index is 1.54. The van der Waals surface area contributed by atoms with Crippen LogP contribution in [0.25, 0.3) is 10.8 Å². The fourth-order valence-electron chi connectivity index (χ4n) is 3.54. The SMILES string of the molecule is COc1ccc(CN2CCn3c(cnc3-c3nc(C(C)(C)C)ns3)C2C)cc1. The van der Waals surface area contributed by atoms with Crippen molar-refractivity contribution in [3.8, 4) is 16.6 Å². The van der Waals surface area contributed by atoms with Crippen LogP contribution in [-0.4, -0.2) is 37.5 Å². The molecule has 0 N–H and O–H groups in total. The van der Waals surface area contributed by atoms with Gasteiger partial charge in [-0.05, 0) is 36.2 Å². The molecule has 6 nitrogen and oxygen atoms in total. The Hall–Kier alpha value is -2.25. The van der Waals surface area contributed by atoms with Gasteiger partial charge in [-0.25, -0.2) is 9.97 Å². The molecule has 3 aromatic rings. The molecule has 7 heteroatoms. The van der Waals surface area contributed by atoms with E-state index in [4.69, 9.17) is 14.7 Å². The summed E-state index contributed by atoms with van der Waals surface area (Å²) in [6.07, 6.45) is 2.00. The van der Waals surface area contributed by atoms with Crippen LogP contribution in [0.15, 0.2) is 30.5 Å². The highest BCUT2D eigenvalue weighted by Gasteiger charge is 2.29. The predicted molar refractivity (Wildman–Crippen MR) is 112 cm³/mol. The van der Waals surface area contributed by atoms with Crippen LogP contribution in [0.5, 0.6) is 5.75 Å². The zero-order chi connectivity index (χ0) is 19.9. The second kappa shape index (κ2) is 7.29. The van der Waals surface area contributed by atoms with Gasteiger partial charge in [0, 0.05) is 31.1 Å². The second-order valence-electron chi connectivity index (χ2n) is 8.33. The normalized spacial score (nSPS) is 17.5. The summed E-state index contributed by atoms with van der Waals surface area (Å²) in [5, 5.41) is 0.909. The number of aromatic nitrogens is 4. The van der Waals surface area contributed by atoms with Crippen molar-refractivity contribution >= 4 is 11.5 Å². The lowest BCUT2D eigenvalue weighted by atomic mass is 9.96. The van der Waals surface area contributed by atoms with E-state index in [1.54, 1.807) is 7.11 Å². The molecule has 0 fully saturated rings. The summed E-state index contributed by atoms with van der Waals surface area (Å²) in [6, 6.07) is 8.62. The van der Waals surface area contributed by atoms with Crippen molar-refractivity contribution in [3.63, 3.8) is 0 Å². The predicted octanol–water partition coefficient (Wildman–Crippen LogP) is 4.28. The van der Waals surface area contributed by atoms with E-state index in [9.17, 15) is 0 Å². The van der Waals surface area contributed by atoms with E-state index >= 15 is 0 Å². The topological polar surface area (TPSA) is 56.1 Å². The highest BCUT2D eigenvalue weighted by atomic mass is 32.1. The first kappa shape index (κ1) is 19.1. The Bertz CT molecular complexity index is 954. The smallest absolute Gasteiger partial charge is 0.179 e. The van der Waals surface area contributed by atoms with E-state index < -0.39 is 0 Å². The van der Waals surface area contributed by atoms with Crippen LogP contribution in [0.3, 0.4) is 0 Å². The molecule has 1 atom stereocenters. The molecule has 0 bridgehead atoms. The molecule has 4 rings (SSSR count). The fraction of sp³-hybridized carbons (Fsp3) is 0.476. The van der Waals surface area contributed by atoms with Gasteiger partial charge in [0.2, 0.25) is 0 Å². The van der Waals surface area contributed by atoms with Gasteiger partial charge in [-0.1, -0.05) is 32.9 Å². The van der Waals surface area contributed by atoms with E-state index in [0.29, 0.717) is 6.04 Å². The maximum absolute atomic E-state index is 5.26. The molecule has 28 heavy (non-hydrogen) atoms. The summed E-state index contributed by atoms with van der Waals surface area (Å²) in [4.78, 5) is 12.0. The Morgan fingerprint density at radius 2 is 1.93 bits per heavy atom. The molecule has 148 valence electrons. The summed E-state index contributed by atoms with van der Waals surface area (Å²) in [6.45, 7) is 11.5. The first-order valence-electron chi connectivity index (χ1n) is 9.64. The molecule has 0 saturated heterocycles. The van der Waals surface area contributed by atoms with Crippen molar-refractivity contribution < 1.29 is 4.74 Å². The molecule has 2 aromatic heterocycles. The fourth-order valence-corrected chi connectivity index (χ4v) is 4.40. The van der Waals surface area contributed by atoms with Gasteiger partial charge < -0.3 is 9.30 Å². The number of ether oxygens (including phenoxy) is 1. The van der Waals surface area contributed by atoms with Crippen LogP contribution in [-0.2, 0) is 18.5 Å². The number of nitrogens with zero attached hydrogens (tertiary/aromatic N) is 5. The summed E-state index contributed by atoms with van der Waals surface area (Å²) >= 11 is 1.45. The number of hydrogen-bond donors (Lipinski definition) is 0. The molecular formula is C21H27N5OS. The standard InChI is InChI=1S/C21H27N5OS/c1-14-17-12-22-18(19-23-20(24-28-19)21(2,3)4)26(17)11-10-25(14)13-15-6-8-16(27-5)9-7-15/h6-9,12,14H,10-11,13H2,1-5H3. The summed E-state index contributed by atoms with van der Waals surface area (Å²) in [5.41, 5.74) is 2.48. The van der Waals surface area contributed by atoms with Crippen molar-refractivity contribution in [3.05, 3.63) is 47.5 Å². The van der Waals surface area contributed by atoms with Crippen LogP contribution in [0, 0.1) is 0 Å². The third-order valence-electron chi connectivity index (χ3n) is 5.31. The van der Waals surface area contributed by atoms with E-state index in [1.807, 2.05) is 18.3 Å². The Kier molecular flexibility index (Phi) is 4.97. The Morgan fingerprint density at radius 3 is 2.57 bits per heavy atom. The number of methoxy groups -OCH3 is 1. The van der Waals surface area contributed by atoms with E-state index in [1.165, 1.54) is 22.8 Å². The van der Waals surface area contributed by atoms with Crippen LogP contribution in [0.1, 0.15) is 50.8 Å². The molecule has 3 heterocycles. The van der Waals surface area contributed by atoms with Crippen molar-refractivity contribution in [2.45, 2.75) is 52.2 Å². The van der Waals surface area contributed by atoms with Gasteiger partial charge in [-0.2, -0.15) is 4.37 Å². The second-order valence-corrected chi connectivity index (χ2v) is 9.08. The van der Waals surface area contributed by atoms with Crippen molar-refractivity contribution in [1.82, 2.24) is 23.8 Å². The lowest BCUT2D eigenvalue weighted by molar-refractivity contribution is 0.161. The summed E-state index contributed by atoms with van der Waals surface area (Å²) in [7, 11) is 1.70. The molecule has 0 radical (unpaired) electrons. The molecular weight excluding hydrogens is 370 g/mol. The minimum Gasteiger partial charge on any atom is -0.497 e. The van der Waals surface area contributed by atoms with Gasteiger partial charge in [0.25, 0.3) is 0 Å². The van der Waals surface area contributed by atoms with Crippen molar-refractivity contribution in [2.75, 3.05) is 13.7 Å². The van der Waals surface area contributed by atoms with Gasteiger partial charge in [-0.3, -0.25) is 4.90 Å². The van der Waals surface area contributed by atoms with Crippen molar-refractivity contribution in [2.24, 2.45) is 0 Å². The third-order valence-corrected chi connectivity index (χ3v) is 6.02. The number of benzene rings is 1. The van der Waals surface area contributed by atoms with Gasteiger partial charge in [0.1, 0.15) is 11.6 Å². The van der Waals surface area contributed by atoms with Gasteiger partial charge in [0.05, 0.1) is 19.0 Å². The van der Waals surface area contributed by atoms with E-state index in [-0.39, 0.29) is 5.41 Å². The minimum atomic E-state index is -0.0471. The maximum atomic E-state index is 5.26. The number of imidazole rings is 1. The molecule has 0 amide bonds. The maximum Gasteiger partial charge on any atom is 0.179 e.